The molecular formula is C38H69N3O12. The first-order chi connectivity index (χ1) is 25.6. The van der Waals surface area contributed by atoms with Crippen molar-refractivity contribution in [1.29, 1.82) is 0 Å². The second-order valence-corrected chi connectivity index (χ2v) is 13.3. The number of amides is 3. The van der Waals surface area contributed by atoms with Gasteiger partial charge in [0.1, 0.15) is 19.3 Å². The molecule has 0 bridgehead atoms. The van der Waals surface area contributed by atoms with Gasteiger partial charge in [-0.05, 0) is 39.0 Å². The third kappa shape index (κ3) is 38.4. The third-order valence-corrected chi connectivity index (χ3v) is 8.20. The molecule has 0 aromatic rings. The first-order valence-electron chi connectivity index (χ1n) is 19.7. The molecule has 53 heavy (non-hydrogen) atoms. The normalized spacial score (nSPS) is 11.6. The van der Waals surface area contributed by atoms with Crippen LogP contribution in [-0.4, -0.2) is 118 Å². The Morgan fingerprint density at radius 2 is 0.906 bits per heavy atom. The lowest BCUT2D eigenvalue weighted by atomic mass is 10.0. The number of Topliss-reactive ketones (excluding diaryl/α,β-unsaturated/α-hetero) is 1. The molecule has 0 aliphatic heterocycles. The summed E-state index contributed by atoms with van der Waals surface area (Å²) in [6.07, 6.45) is 17.0. The molecule has 1 atom stereocenters. The molecule has 3 amide bonds. The molecule has 0 unspecified atom stereocenters. The van der Waals surface area contributed by atoms with Gasteiger partial charge < -0.3 is 45.1 Å². The van der Waals surface area contributed by atoms with Gasteiger partial charge in [0.2, 0.25) is 17.7 Å². The van der Waals surface area contributed by atoms with E-state index in [1.807, 2.05) is 0 Å². The molecule has 15 nitrogen and oxygen atoms in total. The Kier molecular flexibility index (Phi) is 35.0. The number of carboxylic acid groups (broad SMARTS) is 2. The Labute approximate surface area is 316 Å². The van der Waals surface area contributed by atoms with Crippen molar-refractivity contribution in [3.8, 4) is 0 Å². The average Bonchev–Trinajstić information content (AvgIpc) is 3.11. The number of ether oxygens (including phenoxy) is 4. The average molecular weight is 760 g/mol. The minimum absolute atomic E-state index is 0.00553. The van der Waals surface area contributed by atoms with E-state index < -0.39 is 18.0 Å². The quantitative estimate of drug-likeness (QED) is 0.0552. The van der Waals surface area contributed by atoms with E-state index in [0.29, 0.717) is 72.0 Å². The smallest absolute Gasteiger partial charge is 0.326 e. The molecule has 0 radical (unpaired) electrons. The topological polar surface area (TPSA) is 216 Å². The van der Waals surface area contributed by atoms with E-state index in [4.69, 9.17) is 24.1 Å². The van der Waals surface area contributed by atoms with Crippen LogP contribution in [0, 0.1) is 0 Å². The van der Waals surface area contributed by atoms with Gasteiger partial charge in [-0.3, -0.25) is 24.0 Å². The summed E-state index contributed by atoms with van der Waals surface area (Å²) in [5, 5.41) is 26.1. The Hall–Kier alpha value is -3.14. The number of nitrogens with one attached hydrogen (secondary N) is 3. The molecule has 0 aromatic heterocycles. The largest absolute Gasteiger partial charge is 0.481 e. The molecule has 0 aliphatic rings. The Morgan fingerprint density at radius 1 is 0.472 bits per heavy atom. The fraction of sp³-hybridized carbons (Fsp3) is 0.842. The van der Waals surface area contributed by atoms with Gasteiger partial charge in [-0.1, -0.05) is 77.0 Å². The number of unbranched alkanes of at least 4 members (excludes halogenated alkanes) is 13. The summed E-state index contributed by atoms with van der Waals surface area (Å²) >= 11 is 0. The molecule has 0 fully saturated rings. The lowest BCUT2D eigenvalue weighted by Gasteiger charge is -2.14. The summed E-state index contributed by atoms with van der Waals surface area (Å²) in [5.74, 6) is -2.85. The van der Waals surface area contributed by atoms with Gasteiger partial charge in [0, 0.05) is 45.6 Å². The maximum absolute atomic E-state index is 12.3. The highest BCUT2D eigenvalue weighted by atomic mass is 16.5. The monoisotopic (exact) mass is 759 g/mol. The molecule has 0 spiro atoms. The lowest BCUT2D eigenvalue weighted by molar-refractivity contribution is -0.142. The Bertz CT molecular complexity index is 982. The number of rotatable bonds is 40. The van der Waals surface area contributed by atoms with Crippen molar-refractivity contribution in [2.24, 2.45) is 0 Å². The van der Waals surface area contributed by atoms with E-state index in [0.717, 1.165) is 38.5 Å². The number of carboxylic acids is 2. The van der Waals surface area contributed by atoms with E-state index in [1.165, 1.54) is 51.9 Å². The molecule has 15 heteroatoms. The van der Waals surface area contributed by atoms with Gasteiger partial charge in [0.05, 0.1) is 26.4 Å². The number of aliphatic carboxylic acids is 2. The molecule has 5 N–H and O–H groups in total. The molecule has 0 rings (SSSR count). The maximum Gasteiger partial charge on any atom is 0.326 e. The van der Waals surface area contributed by atoms with Crippen LogP contribution in [0.3, 0.4) is 0 Å². The minimum atomic E-state index is -1.15. The third-order valence-electron chi connectivity index (χ3n) is 8.20. The van der Waals surface area contributed by atoms with E-state index in [9.17, 15) is 33.9 Å². The summed E-state index contributed by atoms with van der Waals surface area (Å²) in [7, 11) is 0. The zero-order valence-electron chi connectivity index (χ0n) is 32.3. The Balaban J connectivity index is 3.60. The van der Waals surface area contributed by atoms with Crippen LogP contribution < -0.4 is 16.0 Å². The van der Waals surface area contributed by atoms with Crippen LogP contribution in [0.25, 0.3) is 0 Å². The molecule has 308 valence electrons. The highest BCUT2D eigenvalue weighted by molar-refractivity contribution is 5.84. The molecule has 0 saturated carbocycles. The van der Waals surface area contributed by atoms with Crippen molar-refractivity contribution in [3.63, 3.8) is 0 Å². The first kappa shape index (κ1) is 49.9. The van der Waals surface area contributed by atoms with Crippen LogP contribution in [0.2, 0.25) is 0 Å². The van der Waals surface area contributed by atoms with Gasteiger partial charge >= 0.3 is 11.9 Å². The Morgan fingerprint density at radius 3 is 1.36 bits per heavy atom. The van der Waals surface area contributed by atoms with Crippen molar-refractivity contribution in [2.45, 2.75) is 141 Å². The summed E-state index contributed by atoms with van der Waals surface area (Å²) in [4.78, 5) is 68.8. The van der Waals surface area contributed by atoms with Crippen molar-refractivity contribution < 1.29 is 57.9 Å². The van der Waals surface area contributed by atoms with Crippen LogP contribution in [-0.2, 0) is 47.7 Å². The zero-order valence-corrected chi connectivity index (χ0v) is 32.3. The summed E-state index contributed by atoms with van der Waals surface area (Å²) in [6.45, 7) is 4.54. The van der Waals surface area contributed by atoms with Gasteiger partial charge in [-0.2, -0.15) is 0 Å². The highest BCUT2D eigenvalue weighted by Crippen LogP contribution is 2.14. The molecule has 0 aromatic carbocycles. The fourth-order valence-electron chi connectivity index (χ4n) is 5.26. The van der Waals surface area contributed by atoms with Crippen molar-refractivity contribution >= 4 is 35.4 Å². The predicted molar refractivity (Wildman–Crippen MR) is 200 cm³/mol. The van der Waals surface area contributed by atoms with Crippen molar-refractivity contribution in [1.82, 2.24) is 16.0 Å². The number of carbonyl (C=O) groups excluding carboxylic acids is 4. The van der Waals surface area contributed by atoms with Crippen LogP contribution in [0.15, 0.2) is 0 Å². The minimum Gasteiger partial charge on any atom is -0.481 e. The first-order valence-corrected chi connectivity index (χ1v) is 19.7. The molecule has 0 aliphatic carbocycles. The van der Waals surface area contributed by atoms with Crippen LogP contribution in [0.1, 0.15) is 135 Å². The number of ketones is 1. The molecular weight excluding hydrogens is 690 g/mol. The number of hydrogen-bond acceptors (Lipinski definition) is 10. The van der Waals surface area contributed by atoms with Crippen molar-refractivity contribution in [2.75, 3.05) is 65.9 Å². The fourth-order valence-corrected chi connectivity index (χ4v) is 5.26. The van der Waals surface area contributed by atoms with Crippen LogP contribution >= 0.6 is 0 Å². The van der Waals surface area contributed by atoms with E-state index in [2.05, 4.69) is 16.0 Å². The predicted octanol–water partition coefficient (Wildman–Crippen LogP) is 4.33. The summed E-state index contributed by atoms with van der Waals surface area (Å²) < 4.78 is 21.3. The second-order valence-electron chi connectivity index (χ2n) is 13.3. The van der Waals surface area contributed by atoms with E-state index >= 15 is 0 Å². The zero-order chi connectivity index (χ0) is 39.2. The lowest BCUT2D eigenvalue weighted by Crippen LogP contribution is -2.41. The molecule has 0 heterocycles. The number of carbonyl (C=O) groups is 6. The van der Waals surface area contributed by atoms with Crippen LogP contribution in [0.4, 0.5) is 0 Å². The van der Waals surface area contributed by atoms with Gasteiger partial charge in [-0.25, -0.2) is 4.79 Å². The van der Waals surface area contributed by atoms with Gasteiger partial charge in [0.15, 0.2) is 5.78 Å². The highest BCUT2D eigenvalue weighted by Gasteiger charge is 2.20. The van der Waals surface area contributed by atoms with Gasteiger partial charge in [0.25, 0.3) is 0 Å². The second kappa shape index (κ2) is 37.2. The summed E-state index contributed by atoms with van der Waals surface area (Å²) in [5.41, 5.74) is 0. The maximum atomic E-state index is 12.3. The SMILES string of the molecule is CC(=O)COCC(=O)NCCCOCCOCCOCCCNC(=O)CC[C@H](NC(=O)CCCCCCCCCCCCCCCCC(=O)O)C(=O)O. The number of hydrogen-bond donors (Lipinski definition) is 5. The van der Waals surface area contributed by atoms with Gasteiger partial charge in [-0.15, -0.1) is 0 Å². The van der Waals surface area contributed by atoms with Crippen molar-refractivity contribution in [3.05, 3.63) is 0 Å². The van der Waals surface area contributed by atoms with E-state index in [1.54, 1.807) is 0 Å². The van der Waals surface area contributed by atoms with Crippen LogP contribution in [0.5, 0.6) is 0 Å². The standard InChI is InChI=1S/C38H69N3O12/c1-32(42)30-53-31-36(45)40-23-17-25-51-27-29-52-28-26-50-24-16-22-39-34(43)21-20-33(38(48)49)41-35(44)18-14-12-10-8-6-4-2-3-5-7-9-11-13-15-19-37(46)47/h33H,2-31H2,1H3,(H,39,43)(H,40,45)(H,41,44)(H,46,47)(H,48,49)/t33-/m0/s1. The summed E-state index contributed by atoms with van der Waals surface area (Å²) in [6, 6.07) is -1.10. The molecule has 0 saturated heterocycles. The van der Waals surface area contributed by atoms with E-state index in [-0.39, 0.29) is 62.4 Å².